The molecule has 152 valence electrons. The van der Waals surface area contributed by atoms with E-state index in [-0.39, 0.29) is 30.8 Å². The van der Waals surface area contributed by atoms with E-state index in [2.05, 4.69) is 20.3 Å². The fourth-order valence-corrected chi connectivity index (χ4v) is 3.48. The average molecular weight is 401 g/mol. The van der Waals surface area contributed by atoms with Crippen molar-refractivity contribution in [1.29, 1.82) is 0 Å². The standard InChI is InChI=1S/C19H20FN5O4/c1-2-28-16-7-22-15(6-23-16)17(26)24-12-3-4-14(20)13(5-12)19-10-27-8-11(19)9-29-18(21)25-19/h3-7,11H,2,8-10H2,1H3,(H2,21,25)(H,24,26). The van der Waals surface area contributed by atoms with Gasteiger partial charge in [0.1, 0.15) is 17.1 Å². The number of carbonyl (C=O) groups excluding carboxylic acids is 1. The number of nitrogens with zero attached hydrogens (tertiary/aromatic N) is 3. The first-order chi connectivity index (χ1) is 14.0. The van der Waals surface area contributed by atoms with Gasteiger partial charge in [0.05, 0.1) is 38.8 Å². The highest BCUT2D eigenvalue weighted by molar-refractivity contribution is 6.02. The number of nitrogens with two attached hydrogens (primary N) is 1. The van der Waals surface area contributed by atoms with Gasteiger partial charge >= 0.3 is 0 Å². The minimum Gasteiger partial charge on any atom is -0.477 e. The number of rotatable bonds is 5. The number of hydrogen-bond donors (Lipinski definition) is 2. The lowest BCUT2D eigenvalue weighted by Crippen LogP contribution is -2.43. The maximum Gasteiger partial charge on any atom is 0.282 e. The van der Waals surface area contributed by atoms with E-state index in [1.54, 1.807) is 6.07 Å². The number of fused-ring (bicyclic) bond motifs is 1. The molecule has 2 aliphatic heterocycles. The molecule has 1 fully saturated rings. The zero-order valence-electron chi connectivity index (χ0n) is 15.7. The largest absolute Gasteiger partial charge is 0.477 e. The summed E-state index contributed by atoms with van der Waals surface area (Å²) in [5.41, 5.74) is 5.56. The fourth-order valence-electron chi connectivity index (χ4n) is 3.48. The second-order valence-electron chi connectivity index (χ2n) is 6.72. The van der Waals surface area contributed by atoms with E-state index in [1.807, 2.05) is 6.92 Å². The van der Waals surface area contributed by atoms with Crippen LogP contribution < -0.4 is 15.8 Å². The third-order valence-electron chi connectivity index (χ3n) is 4.90. The van der Waals surface area contributed by atoms with Gasteiger partial charge in [-0.3, -0.25) is 4.79 Å². The predicted octanol–water partition coefficient (Wildman–Crippen LogP) is 1.45. The summed E-state index contributed by atoms with van der Waals surface area (Å²) in [5, 5.41) is 2.70. The third kappa shape index (κ3) is 3.58. The number of halogens is 1. The molecule has 3 N–H and O–H groups in total. The highest BCUT2D eigenvalue weighted by atomic mass is 19.1. The van der Waals surface area contributed by atoms with Crippen LogP contribution in [-0.2, 0) is 15.0 Å². The molecule has 0 spiro atoms. The number of nitrogens with one attached hydrogen (secondary N) is 1. The lowest BCUT2D eigenvalue weighted by molar-refractivity contribution is 0.102. The molecule has 2 aliphatic rings. The van der Waals surface area contributed by atoms with Gasteiger partial charge < -0.3 is 25.3 Å². The van der Waals surface area contributed by atoms with Crippen molar-refractivity contribution in [3.63, 3.8) is 0 Å². The predicted molar refractivity (Wildman–Crippen MR) is 101 cm³/mol. The number of carbonyl (C=O) groups is 1. The van der Waals surface area contributed by atoms with E-state index in [9.17, 15) is 9.18 Å². The van der Waals surface area contributed by atoms with Crippen molar-refractivity contribution in [2.45, 2.75) is 12.5 Å². The maximum atomic E-state index is 14.7. The zero-order chi connectivity index (χ0) is 20.4. The molecule has 2 atom stereocenters. The average Bonchev–Trinajstić information content (AvgIpc) is 3.14. The van der Waals surface area contributed by atoms with Crippen LogP contribution in [0, 0.1) is 11.7 Å². The third-order valence-corrected chi connectivity index (χ3v) is 4.90. The van der Waals surface area contributed by atoms with Gasteiger partial charge in [-0.15, -0.1) is 0 Å². The molecule has 0 radical (unpaired) electrons. The van der Waals surface area contributed by atoms with Gasteiger partial charge in [-0.25, -0.2) is 19.4 Å². The van der Waals surface area contributed by atoms with E-state index in [0.29, 0.717) is 30.3 Å². The summed E-state index contributed by atoms with van der Waals surface area (Å²) >= 11 is 0. The Balaban J connectivity index is 1.60. The number of ether oxygens (including phenoxy) is 3. The number of aromatic nitrogens is 2. The van der Waals surface area contributed by atoms with Crippen LogP contribution in [0.25, 0.3) is 0 Å². The summed E-state index contributed by atoms with van der Waals surface area (Å²) in [4.78, 5) is 24.9. The van der Waals surface area contributed by atoms with Crippen molar-refractivity contribution in [1.82, 2.24) is 9.97 Å². The number of aliphatic imine (C=N–C) groups is 1. The van der Waals surface area contributed by atoms with Gasteiger partial charge in [0.25, 0.3) is 11.9 Å². The Bertz CT molecular complexity index is 952. The Morgan fingerprint density at radius 3 is 3.00 bits per heavy atom. The van der Waals surface area contributed by atoms with E-state index in [0.717, 1.165) is 0 Å². The molecular weight excluding hydrogens is 381 g/mol. The number of anilines is 1. The summed E-state index contributed by atoms with van der Waals surface area (Å²) in [5.74, 6) is -0.788. The molecule has 10 heteroatoms. The fraction of sp³-hybridized carbons (Fsp3) is 0.368. The van der Waals surface area contributed by atoms with Crippen LogP contribution in [0.1, 0.15) is 23.0 Å². The van der Waals surface area contributed by atoms with E-state index >= 15 is 0 Å². The summed E-state index contributed by atoms with van der Waals surface area (Å²) in [6.45, 7) is 3.12. The maximum absolute atomic E-state index is 14.7. The van der Waals surface area contributed by atoms with Crippen molar-refractivity contribution in [2.24, 2.45) is 16.6 Å². The molecule has 1 amide bonds. The van der Waals surface area contributed by atoms with Crippen LogP contribution in [0.5, 0.6) is 5.88 Å². The minimum atomic E-state index is -0.980. The van der Waals surface area contributed by atoms with E-state index in [4.69, 9.17) is 19.9 Å². The van der Waals surface area contributed by atoms with Gasteiger partial charge in [0.2, 0.25) is 5.88 Å². The van der Waals surface area contributed by atoms with Crippen molar-refractivity contribution in [2.75, 3.05) is 31.7 Å². The summed E-state index contributed by atoms with van der Waals surface area (Å²) in [7, 11) is 0. The molecule has 1 aromatic carbocycles. The normalized spacial score (nSPS) is 23.0. The van der Waals surface area contributed by atoms with Gasteiger partial charge in [0, 0.05) is 17.2 Å². The van der Waals surface area contributed by atoms with Crippen LogP contribution in [0.3, 0.4) is 0 Å². The Hall–Kier alpha value is -3.27. The Labute approximate surface area is 166 Å². The zero-order valence-corrected chi connectivity index (χ0v) is 15.7. The molecule has 1 aromatic heterocycles. The topological polar surface area (TPSA) is 121 Å². The molecule has 0 bridgehead atoms. The van der Waals surface area contributed by atoms with Crippen LogP contribution in [0.15, 0.2) is 35.6 Å². The summed E-state index contributed by atoms with van der Waals surface area (Å²) in [6.07, 6.45) is 2.68. The van der Waals surface area contributed by atoms with Crippen molar-refractivity contribution >= 4 is 17.6 Å². The SMILES string of the molecule is CCOc1cnc(C(=O)Nc2ccc(F)c(C34COCC3COC(N)=N4)c2)cn1. The molecule has 2 unspecified atom stereocenters. The van der Waals surface area contributed by atoms with Crippen molar-refractivity contribution < 1.29 is 23.4 Å². The quantitative estimate of drug-likeness (QED) is 0.778. The van der Waals surface area contributed by atoms with Gasteiger partial charge in [-0.2, -0.15) is 0 Å². The Morgan fingerprint density at radius 1 is 1.38 bits per heavy atom. The number of amidine groups is 1. The first kappa shape index (κ1) is 19.1. The molecule has 2 aromatic rings. The van der Waals surface area contributed by atoms with Crippen molar-refractivity contribution in [3.8, 4) is 5.88 Å². The monoisotopic (exact) mass is 401 g/mol. The van der Waals surface area contributed by atoms with Crippen LogP contribution >= 0.6 is 0 Å². The highest BCUT2D eigenvalue weighted by Crippen LogP contribution is 2.43. The first-order valence-electron chi connectivity index (χ1n) is 9.14. The van der Waals surface area contributed by atoms with Crippen molar-refractivity contribution in [3.05, 3.63) is 47.7 Å². The lowest BCUT2D eigenvalue weighted by Gasteiger charge is -2.34. The Kier molecular flexibility index (Phi) is 5.01. The first-order valence-corrected chi connectivity index (χ1v) is 9.14. The molecular formula is C19H20FN5O4. The van der Waals surface area contributed by atoms with E-state index in [1.165, 1.54) is 24.5 Å². The molecule has 29 heavy (non-hydrogen) atoms. The number of amides is 1. The smallest absolute Gasteiger partial charge is 0.282 e. The molecule has 1 saturated heterocycles. The molecule has 4 rings (SSSR count). The molecule has 0 aliphatic carbocycles. The molecule has 3 heterocycles. The number of hydrogen-bond acceptors (Lipinski definition) is 8. The summed E-state index contributed by atoms with van der Waals surface area (Å²) in [6, 6.07) is 4.27. The molecule has 0 saturated carbocycles. The Morgan fingerprint density at radius 2 is 2.24 bits per heavy atom. The van der Waals surface area contributed by atoms with Crippen LogP contribution in [0.2, 0.25) is 0 Å². The van der Waals surface area contributed by atoms with Crippen LogP contribution in [0.4, 0.5) is 10.1 Å². The minimum absolute atomic E-state index is 0.00903. The van der Waals surface area contributed by atoms with Crippen LogP contribution in [-0.4, -0.2) is 48.3 Å². The van der Waals surface area contributed by atoms with Gasteiger partial charge in [-0.05, 0) is 25.1 Å². The second-order valence-corrected chi connectivity index (χ2v) is 6.72. The van der Waals surface area contributed by atoms with Gasteiger partial charge in [0.15, 0.2) is 0 Å². The van der Waals surface area contributed by atoms with Gasteiger partial charge in [-0.1, -0.05) is 0 Å². The molecule has 9 nitrogen and oxygen atoms in total. The highest BCUT2D eigenvalue weighted by Gasteiger charge is 2.50. The van der Waals surface area contributed by atoms with E-state index < -0.39 is 17.3 Å². The lowest BCUT2D eigenvalue weighted by atomic mass is 9.80. The number of benzene rings is 1. The second kappa shape index (κ2) is 7.63. The summed E-state index contributed by atoms with van der Waals surface area (Å²) < 4.78 is 30.8.